The molecule has 0 atom stereocenters. The topological polar surface area (TPSA) is 51.2 Å². The number of para-hydroxylation sites is 1. The molecular formula is C19H20N2O2S. The highest BCUT2D eigenvalue weighted by Gasteiger charge is 2.07. The Morgan fingerprint density at radius 1 is 1.17 bits per heavy atom. The molecule has 0 aliphatic carbocycles. The first-order valence-electron chi connectivity index (χ1n) is 7.97. The first kappa shape index (κ1) is 16.5. The molecule has 0 saturated carbocycles. The van der Waals surface area contributed by atoms with Gasteiger partial charge in [0.2, 0.25) is 0 Å². The van der Waals surface area contributed by atoms with Crippen molar-refractivity contribution in [3.63, 3.8) is 0 Å². The summed E-state index contributed by atoms with van der Waals surface area (Å²) in [6.45, 7) is 4.82. The summed E-state index contributed by atoms with van der Waals surface area (Å²) in [5.41, 5.74) is 2.06. The van der Waals surface area contributed by atoms with Crippen LogP contribution in [0.4, 0.5) is 0 Å². The second kappa shape index (κ2) is 7.45. The summed E-state index contributed by atoms with van der Waals surface area (Å²) in [7, 11) is 0. The molecule has 3 aromatic rings. The fraction of sp³-hybridized carbons (Fsp3) is 0.263. The number of carbonyl (C=O) groups excluding carboxylic acids is 1. The minimum atomic E-state index is -0.0982. The molecule has 2 aromatic carbocycles. The standard InChI is InChI=1S/C19H20N2O2S/c1-13(2)11-20-18(22)12-23-15-9-7-14(8-10-15)19-21-16-5-3-4-6-17(16)24-19/h3-10,13H,11-12H2,1-2H3,(H,20,22). The van der Waals surface area contributed by atoms with Crippen molar-refractivity contribution in [2.24, 2.45) is 5.92 Å². The van der Waals surface area contributed by atoms with Crippen LogP contribution in [0.2, 0.25) is 0 Å². The van der Waals surface area contributed by atoms with Gasteiger partial charge in [0.25, 0.3) is 5.91 Å². The van der Waals surface area contributed by atoms with E-state index in [4.69, 9.17) is 4.74 Å². The Balaban J connectivity index is 1.62. The Bertz CT molecular complexity index is 792. The largest absolute Gasteiger partial charge is 0.484 e. The van der Waals surface area contributed by atoms with Crippen molar-refractivity contribution in [2.75, 3.05) is 13.2 Å². The number of thiazole rings is 1. The van der Waals surface area contributed by atoms with Gasteiger partial charge in [-0.05, 0) is 42.3 Å². The summed E-state index contributed by atoms with van der Waals surface area (Å²) in [5.74, 6) is 1.01. The first-order valence-corrected chi connectivity index (χ1v) is 8.79. The molecule has 124 valence electrons. The van der Waals surface area contributed by atoms with Gasteiger partial charge in [0.15, 0.2) is 6.61 Å². The van der Waals surface area contributed by atoms with E-state index in [-0.39, 0.29) is 12.5 Å². The van der Waals surface area contributed by atoms with E-state index >= 15 is 0 Å². The minimum absolute atomic E-state index is 0.0349. The number of aromatic nitrogens is 1. The summed E-state index contributed by atoms with van der Waals surface area (Å²) in [5, 5.41) is 3.82. The normalized spacial score (nSPS) is 11.0. The smallest absolute Gasteiger partial charge is 0.257 e. The van der Waals surface area contributed by atoms with E-state index in [2.05, 4.69) is 30.2 Å². The van der Waals surface area contributed by atoms with Crippen LogP contribution >= 0.6 is 11.3 Å². The molecule has 0 unspecified atom stereocenters. The molecule has 0 saturated heterocycles. The third kappa shape index (κ3) is 4.11. The SMILES string of the molecule is CC(C)CNC(=O)COc1ccc(-c2nc3ccccc3s2)cc1. The number of nitrogens with one attached hydrogen (secondary N) is 1. The molecule has 5 heteroatoms. The van der Waals surface area contributed by atoms with Crippen LogP contribution in [-0.4, -0.2) is 24.0 Å². The van der Waals surface area contributed by atoms with Gasteiger partial charge in [0.1, 0.15) is 10.8 Å². The van der Waals surface area contributed by atoms with Crippen molar-refractivity contribution in [2.45, 2.75) is 13.8 Å². The van der Waals surface area contributed by atoms with Crippen LogP contribution in [-0.2, 0) is 4.79 Å². The van der Waals surface area contributed by atoms with Crippen LogP contribution in [0.15, 0.2) is 48.5 Å². The van der Waals surface area contributed by atoms with Gasteiger partial charge in [-0.2, -0.15) is 0 Å². The molecule has 1 amide bonds. The average Bonchev–Trinajstić information content (AvgIpc) is 3.02. The molecule has 0 bridgehead atoms. The van der Waals surface area contributed by atoms with E-state index in [0.717, 1.165) is 16.1 Å². The summed E-state index contributed by atoms with van der Waals surface area (Å²) in [6, 6.07) is 15.8. The van der Waals surface area contributed by atoms with Crippen molar-refractivity contribution < 1.29 is 9.53 Å². The summed E-state index contributed by atoms with van der Waals surface area (Å²) in [4.78, 5) is 16.3. The molecule has 1 heterocycles. The molecule has 0 radical (unpaired) electrons. The van der Waals surface area contributed by atoms with Gasteiger partial charge in [-0.3, -0.25) is 4.79 Å². The Hall–Kier alpha value is -2.40. The summed E-state index contributed by atoms with van der Waals surface area (Å²) in [6.07, 6.45) is 0. The molecule has 1 N–H and O–H groups in total. The average molecular weight is 340 g/mol. The number of benzene rings is 2. The number of ether oxygens (including phenoxy) is 1. The maximum atomic E-state index is 11.7. The van der Waals surface area contributed by atoms with Crippen molar-refractivity contribution in [3.8, 4) is 16.3 Å². The fourth-order valence-corrected chi connectivity index (χ4v) is 3.18. The zero-order valence-electron chi connectivity index (χ0n) is 13.8. The number of fused-ring (bicyclic) bond motifs is 1. The maximum Gasteiger partial charge on any atom is 0.257 e. The molecule has 0 aliphatic heterocycles. The summed E-state index contributed by atoms with van der Waals surface area (Å²) >= 11 is 1.67. The van der Waals surface area contributed by atoms with Gasteiger partial charge in [-0.15, -0.1) is 11.3 Å². The lowest BCUT2D eigenvalue weighted by Crippen LogP contribution is -2.31. The Morgan fingerprint density at radius 3 is 2.62 bits per heavy atom. The van der Waals surface area contributed by atoms with E-state index in [1.165, 1.54) is 4.70 Å². The molecular weight excluding hydrogens is 320 g/mol. The predicted octanol–water partition coefficient (Wildman–Crippen LogP) is 4.11. The van der Waals surface area contributed by atoms with Crippen LogP contribution in [0.1, 0.15) is 13.8 Å². The fourth-order valence-electron chi connectivity index (χ4n) is 2.21. The maximum absolute atomic E-state index is 11.7. The minimum Gasteiger partial charge on any atom is -0.484 e. The molecule has 0 aliphatic rings. The molecule has 4 nitrogen and oxygen atoms in total. The quantitative estimate of drug-likeness (QED) is 0.734. The van der Waals surface area contributed by atoms with Crippen LogP contribution in [0.25, 0.3) is 20.8 Å². The van der Waals surface area contributed by atoms with E-state index < -0.39 is 0 Å². The third-order valence-electron chi connectivity index (χ3n) is 3.47. The van der Waals surface area contributed by atoms with Crippen LogP contribution < -0.4 is 10.1 Å². The number of amides is 1. The zero-order chi connectivity index (χ0) is 16.9. The Kier molecular flexibility index (Phi) is 5.11. The van der Waals surface area contributed by atoms with Crippen LogP contribution in [0, 0.1) is 5.92 Å². The first-order chi connectivity index (χ1) is 11.6. The van der Waals surface area contributed by atoms with Crippen molar-refractivity contribution >= 4 is 27.5 Å². The number of hydrogen-bond acceptors (Lipinski definition) is 4. The molecule has 24 heavy (non-hydrogen) atoms. The number of rotatable bonds is 6. The lowest BCUT2D eigenvalue weighted by atomic mass is 10.2. The summed E-state index contributed by atoms with van der Waals surface area (Å²) < 4.78 is 6.70. The number of nitrogens with zero attached hydrogens (tertiary/aromatic N) is 1. The van der Waals surface area contributed by atoms with E-state index in [9.17, 15) is 4.79 Å². The second-order valence-corrected chi connectivity index (χ2v) is 7.03. The Labute approximate surface area is 145 Å². The molecule has 0 spiro atoms. The molecule has 1 aromatic heterocycles. The monoisotopic (exact) mass is 340 g/mol. The molecule has 3 rings (SSSR count). The second-order valence-electron chi connectivity index (χ2n) is 6.00. The van der Waals surface area contributed by atoms with Crippen LogP contribution in [0.5, 0.6) is 5.75 Å². The van der Waals surface area contributed by atoms with Gasteiger partial charge in [-0.25, -0.2) is 4.98 Å². The van der Waals surface area contributed by atoms with Crippen molar-refractivity contribution in [1.82, 2.24) is 10.3 Å². The van der Waals surface area contributed by atoms with Gasteiger partial charge < -0.3 is 10.1 Å². The highest BCUT2D eigenvalue weighted by atomic mass is 32.1. The number of hydrogen-bond donors (Lipinski definition) is 1. The third-order valence-corrected chi connectivity index (χ3v) is 4.56. The van der Waals surface area contributed by atoms with E-state index in [1.807, 2.05) is 42.5 Å². The van der Waals surface area contributed by atoms with Crippen molar-refractivity contribution in [1.29, 1.82) is 0 Å². The highest BCUT2D eigenvalue weighted by Crippen LogP contribution is 2.30. The lowest BCUT2D eigenvalue weighted by molar-refractivity contribution is -0.123. The van der Waals surface area contributed by atoms with Gasteiger partial charge in [-0.1, -0.05) is 26.0 Å². The van der Waals surface area contributed by atoms with Gasteiger partial charge >= 0.3 is 0 Å². The van der Waals surface area contributed by atoms with Gasteiger partial charge in [0.05, 0.1) is 10.2 Å². The Morgan fingerprint density at radius 2 is 1.92 bits per heavy atom. The highest BCUT2D eigenvalue weighted by molar-refractivity contribution is 7.21. The van der Waals surface area contributed by atoms with Crippen molar-refractivity contribution in [3.05, 3.63) is 48.5 Å². The molecule has 0 fully saturated rings. The lowest BCUT2D eigenvalue weighted by Gasteiger charge is -2.09. The van der Waals surface area contributed by atoms with Gasteiger partial charge in [0, 0.05) is 12.1 Å². The van der Waals surface area contributed by atoms with E-state index in [1.54, 1.807) is 11.3 Å². The number of carbonyl (C=O) groups is 1. The zero-order valence-corrected chi connectivity index (χ0v) is 14.6. The van der Waals surface area contributed by atoms with Crippen LogP contribution in [0.3, 0.4) is 0 Å². The van der Waals surface area contributed by atoms with E-state index in [0.29, 0.717) is 18.2 Å². The predicted molar refractivity (Wildman–Crippen MR) is 98.4 cm³/mol.